The number of imidazole rings is 1. The number of para-hydroxylation sites is 2. The monoisotopic (exact) mass is 301 g/mol. The fraction of sp³-hybridized carbons (Fsp3) is 0.0625. The van der Waals surface area contributed by atoms with Crippen molar-refractivity contribution in [2.75, 3.05) is 5.32 Å². The van der Waals surface area contributed by atoms with Crippen LogP contribution < -0.4 is 5.32 Å². The summed E-state index contributed by atoms with van der Waals surface area (Å²) in [5.74, 6) is -0.331. The van der Waals surface area contributed by atoms with Crippen molar-refractivity contribution in [3.63, 3.8) is 0 Å². The predicted octanol–water partition coefficient (Wildman–Crippen LogP) is 4.28. The van der Waals surface area contributed by atoms with Gasteiger partial charge in [0.2, 0.25) is 0 Å². The molecule has 1 N–H and O–H groups in total. The number of hydrogen-bond acceptors (Lipinski definition) is 2. The van der Waals surface area contributed by atoms with Gasteiger partial charge in [-0.05, 0) is 29.8 Å². The van der Waals surface area contributed by atoms with Gasteiger partial charge in [0.25, 0.3) is 0 Å². The minimum atomic E-state index is -0.331. The first-order chi connectivity index (χ1) is 10.2. The van der Waals surface area contributed by atoms with Crippen LogP contribution in [0.25, 0.3) is 5.69 Å². The van der Waals surface area contributed by atoms with Crippen LogP contribution in [0.2, 0.25) is 5.02 Å². The summed E-state index contributed by atoms with van der Waals surface area (Å²) in [5, 5.41) is 3.74. The van der Waals surface area contributed by atoms with E-state index in [4.69, 9.17) is 11.6 Å². The van der Waals surface area contributed by atoms with Crippen molar-refractivity contribution in [3.05, 3.63) is 77.6 Å². The van der Waals surface area contributed by atoms with E-state index < -0.39 is 0 Å². The highest BCUT2D eigenvalue weighted by Crippen LogP contribution is 2.22. The first-order valence-electron chi connectivity index (χ1n) is 6.49. The first-order valence-corrected chi connectivity index (χ1v) is 6.87. The van der Waals surface area contributed by atoms with Crippen molar-refractivity contribution < 1.29 is 4.39 Å². The van der Waals surface area contributed by atoms with Crippen molar-refractivity contribution in [3.8, 4) is 5.69 Å². The van der Waals surface area contributed by atoms with Crippen molar-refractivity contribution >= 4 is 17.3 Å². The van der Waals surface area contributed by atoms with Gasteiger partial charge in [0.15, 0.2) is 0 Å². The average Bonchev–Trinajstić information content (AvgIpc) is 3.01. The molecule has 0 amide bonds. The highest BCUT2D eigenvalue weighted by Gasteiger charge is 2.05. The quantitative estimate of drug-likeness (QED) is 0.779. The molecule has 0 saturated heterocycles. The third-order valence-electron chi connectivity index (χ3n) is 3.17. The Labute approximate surface area is 127 Å². The molecule has 5 heteroatoms. The van der Waals surface area contributed by atoms with Crippen molar-refractivity contribution in [1.29, 1.82) is 0 Å². The molecule has 0 aliphatic rings. The third kappa shape index (κ3) is 3.06. The van der Waals surface area contributed by atoms with Crippen LogP contribution in [0.5, 0.6) is 0 Å². The molecular formula is C16H13ClFN3. The standard InChI is InChI=1S/C16H13ClFN3/c17-14-9-13(18)6-5-12(14)10-20-15-3-1-2-4-16(15)21-8-7-19-11-21/h1-9,11,20H,10H2. The van der Waals surface area contributed by atoms with E-state index in [-0.39, 0.29) is 5.82 Å². The normalized spacial score (nSPS) is 10.6. The highest BCUT2D eigenvalue weighted by atomic mass is 35.5. The SMILES string of the molecule is Fc1ccc(CNc2ccccc2-n2ccnc2)c(Cl)c1. The molecule has 0 atom stereocenters. The van der Waals surface area contributed by atoms with Crippen LogP contribution in [0.1, 0.15) is 5.56 Å². The van der Waals surface area contributed by atoms with Crippen LogP contribution in [0, 0.1) is 5.82 Å². The molecule has 21 heavy (non-hydrogen) atoms. The van der Waals surface area contributed by atoms with Crippen LogP contribution in [0.4, 0.5) is 10.1 Å². The molecule has 3 rings (SSSR count). The van der Waals surface area contributed by atoms with Crippen LogP contribution in [-0.4, -0.2) is 9.55 Å². The Kier molecular flexibility index (Phi) is 3.88. The maximum absolute atomic E-state index is 13.0. The Morgan fingerprint density at radius 1 is 1.19 bits per heavy atom. The lowest BCUT2D eigenvalue weighted by Gasteiger charge is -2.13. The van der Waals surface area contributed by atoms with E-state index in [0.717, 1.165) is 16.9 Å². The second-order valence-corrected chi connectivity index (χ2v) is 4.98. The summed E-state index contributed by atoms with van der Waals surface area (Å²) in [6.45, 7) is 0.519. The number of nitrogens with zero attached hydrogens (tertiary/aromatic N) is 2. The molecule has 1 heterocycles. The summed E-state index contributed by atoms with van der Waals surface area (Å²) >= 11 is 6.04. The number of halogens is 2. The maximum atomic E-state index is 13.0. The summed E-state index contributed by atoms with van der Waals surface area (Å²) in [6.07, 6.45) is 5.35. The summed E-state index contributed by atoms with van der Waals surface area (Å²) in [4.78, 5) is 4.05. The Morgan fingerprint density at radius 3 is 2.81 bits per heavy atom. The largest absolute Gasteiger partial charge is 0.379 e. The minimum Gasteiger partial charge on any atom is -0.379 e. The molecular weight excluding hydrogens is 289 g/mol. The zero-order chi connectivity index (χ0) is 14.7. The lowest BCUT2D eigenvalue weighted by molar-refractivity contribution is 0.627. The fourth-order valence-corrected chi connectivity index (χ4v) is 2.34. The molecule has 3 nitrogen and oxygen atoms in total. The smallest absolute Gasteiger partial charge is 0.124 e. The van der Waals surface area contributed by atoms with Gasteiger partial charge in [-0.25, -0.2) is 9.37 Å². The zero-order valence-electron chi connectivity index (χ0n) is 11.1. The molecule has 0 bridgehead atoms. The lowest BCUT2D eigenvalue weighted by atomic mass is 10.2. The molecule has 106 valence electrons. The summed E-state index contributed by atoms with van der Waals surface area (Å²) in [7, 11) is 0. The molecule has 2 aromatic carbocycles. The second kappa shape index (κ2) is 5.97. The van der Waals surface area contributed by atoms with E-state index in [9.17, 15) is 4.39 Å². The van der Waals surface area contributed by atoms with E-state index in [2.05, 4.69) is 10.3 Å². The Bertz CT molecular complexity index is 741. The number of benzene rings is 2. The topological polar surface area (TPSA) is 29.9 Å². The molecule has 1 aromatic heterocycles. The Balaban J connectivity index is 1.83. The van der Waals surface area contributed by atoms with Crippen LogP contribution >= 0.6 is 11.6 Å². The summed E-state index contributed by atoms with van der Waals surface area (Å²) < 4.78 is 15.0. The molecule has 0 fully saturated rings. The summed E-state index contributed by atoms with van der Waals surface area (Å²) in [6, 6.07) is 12.3. The van der Waals surface area contributed by atoms with Crippen molar-refractivity contribution in [2.24, 2.45) is 0 Å². The average molecular weight is 302 g/mol. The zero-order valence-corrected chi connectivity index (χ0v) is 11.9. The Hall–Kier alpha value is -2.33. The van der Waals surface area contributed by atoms with Gasteiger partial charge in [0.05, 0.1) is 17.7 Å². The minimum absolute atomic E-state index is 0.331. The predicted molar refractivity (Wildman–Crippen MR) is 82.3 cm³/mol. The molecule has 0 spiro atoms. The third-order valence-corrected chi connectivity index (χ3v) is 3.52. The molecule has 3 aromatic rings. The molecule has 0 radical (unpaired) electrons. The van der Waals surface area contributed by atoms with Crippen LogP contribution in [0.3, 0.4) is 0 Å². The summed E-state index contributed by atoms with van der Waals surface area (Å²) in [5.41, 5.74) is 2.79. The number of hydrogen-bond donors (Lipinski definition) is 1. The van der Waals surface area contributed by atoms with E-state index in [0.29, 0.717) is 11.6 Å². The number of aromatic nitrogens is 2. The van der Waals surface area contributed by atoms with Crippen molar-refractivity contribution in [1.82, 2.24) is 9.55 Å². The van der Waals surface area contributed by atoms with Gasteiger partial charge in [-0.15, -0.1) is 0 Å². The van der Waals surface area contributed by atoms with Gasteiger partial charge in [-0.1, -0.05) is 29.8 Å². The van der Waals surface area contributed by atoms with Crippen molar-refractivity contribution in [2.45, 2.75) is 6.54 Å². The molecule has 0 saturated carbocycles. The van der Waals surface area contributed by atoms with E-state index >= 15 is 0 Å². The Morgan fingerprint density at radius 2 is 2.05 bits per heavy atom. The van der Waals surface area contributed by atoms with Gasteiger partial charge in [0, 0.05) is 24.0 Å². The maximum Gasteiger partial charge on any atom is 0.124 e. The number of rotatable bonds is 4. The molecule has 0 unspecified atom stereocenters. The van der Waals surface area contributed by atoms with Gasteiger partial charge in [-0.3, -0.25) is 0 Å². The second-order valence-electron chi connectivity index (χ2n) is 4.58. The van der Waals surface area contributed by atoms with Gasteiger partial charge in [-0.2, -0.15) is 0 Å². The number of anilines is 1. The van der Waals surface area contributed by atoms with Crippen LogP contribution in [-0.2, 0) is 6.54 Å². The lowest BCUT2D eigenvalue weighted by Crippen LogP contribution is -2.04. The fourth-order valence-electron chi connectivity index (χ4n) is 2.11. The van der Waals surface area contributed by atoms with E-state index in [1.807, 2.05) is 35.0 Å². The van der Waals surface area contributed by atoms with Crippen LogP contribution in [0.15, 0.2) is 61.2 Å². The highest BCUT2D eigenvalue weighted by molar-refractivity contribution is 6.31. The molecule has 0 aliphatic heterocycles. The molecule has 0 aliphatic carbocycles. The first kappa shape index (κ1) is 13.6. The van der Waals surface area contributed by atoms with Gasteiger partial charge < -0.3 is 9.88 Å². The van der Waals surface area contributed by atoms with E-state index in [1.54, 1.807) is 18.6 Å². The van der Waals surface area contributed by atoms with E-state index in [1.165, 1.54) is 12.1 Å². The van der Waals surface area contributed by atoms with Gasteiger partial charge >= 0.3 is 0 Å². The number of nitrogens with one attached hydrogen (secondary N) is 1. The van der Waals surface area contributed by atoms with Gasteiger partial charge in [0.1, 0.15) is 5.82 Å².